The van der Waals surface area contributed by atoms with Crippen molar-refractivity contribution < 1.29 is 34.0 Å². The number of fused-ring (bicyclic) bond motifs is 2. The number of hydrogen-bond donors (Lipinski definition) is 2. The Hall–Kier alpha value is -3.01. The standard InChI is InChI=1S/C14H17NO4.C14H19NO3/c16-11-2-1-5-15(8-11)14(17)7-10-3-4-12-13(6-10)19-9-18-12;16-12-2-1-6-15(9-12)7-5-11-3-4-13-14(8-11)18-10-17-13/h3-4,6,11,16H,1-2,5,7-9H2;3-4,8,12,16H,1-2,5-7,9-10H2. The third-order valence-electron chi connectivity index (χ3n) is 7.18. The number of carbonyl (C=O) groups excluding carboxylic acids is 1. The van der Waals surface area contributed by atoms with Gasteiger partial charge in [0.1, 0.15) is 0 Å². The number of aliphatic hydroxyl groups excluding tert-OH is 2. The molecule has 4 aliphatic heterocycles. The van der Waals surface area contributed by atoms with Crippen molar-refractivity contribution in [3.63, 3.8) is 0 Å². The number of likely N-dealkylation sites (tertiary alicyclic amines) is 2. The predicted octanol–water partition coefficient (Wildman–Crippen LogP) is 2.36. The second-order valence-corrected chi connectivity index (χ2v) is 10.0. The zero-order chi connectivity index (χ0) is 25.6. The highest BCUT2D eigenvalue weighted by Gasteiger charge is 2.23. The molecule has 0 aromatic heterocycles. The molecule has 4 heterocycles. The predicted molar refractivity (Wildman–Crippen MR) is 136 cm³/mol. The van der Waals surface area contributed by atoms with E-state index < -0.39 is 0 Å². The number of rotatable bonds is 5. The molecule has 2 N–H and O–H groups in total. The Bertz CT molecular complexity index is 1080. The molecule has 1 amide bonds. The van der Waals surface area contributed by atoms with E-state index in [2.05, 4.69) is 17.0 Å². The zero-order valence-electron chi connectivity index (χ0n) is 21.1. The molecule has 2 aromatic rings. The highest BCUT2D eigenvalue weighted by molar-refractivity contribution is 5.79. The van der Waals surface area contributed by atoms with Gasteiger partial charge in [-0.15, -0.1) is 0 Å². The number of β-amino-alcohol motifs (C(OH)–C–C–N with tert-alkyl or cyclic N) is 2. The fourth-order valence-electron chi connectivity index (χ4n) is 5.14. The van der Waals surface area contributed by atoms with Crippen molar-refractivity contribution in [2.75, 3.05) is 46.3 Å². The van der Waals surface area contributed by atoms with Crippen LogP contribution in [0.3, 0.4) is 0 Å². The largest absolute Gasteiger partial charge is 0.454 e. The first-order valence-electron chi connectivity index (χ1n) is 13.2. The number of nitrogens with zero attached hydrogens (tertiary/aromatic N) is 2. The van der Waals surface area contributed by atoms with Gasteiger partial charge in [-0.25, -0.2) is 0 Å². The molecule has 9 nitrogen and oxygen atoms in total. The summed E-state index contributed by atoms with van der Waals surface area (Å²) in [6.07, 6.45) is 4.50. The van der Waals surface area contributed by atoms with Crippen molar-refractivity contribution in [2.45, 2.75) is 50.7 Å². The van der Waals surface area contributed by atoms with E-state index in [1.165, 1.54) is 5.56 Å². The summed E-state index contributed by atoms with van der Waals surface area (Å²) < 4.78 is 21.2. The Morgan fingerprint density at radius 1 is 0.784 bits per heavy atom. The topological polar surface area (TPSA) is 101 Å². The van der Waals surface area contributed by atoms with Crippen LogP contribution < -0.4 is 18.9 Å². The van der Waals surface area contributed by atoms with Crippen LogP contribution in [0.2, 0.25) is 0 Å². The second kappa shape index (κ2) is 12.0. The van der Waals surface area contributed by atoms with E-state index >= 15 is 0 Å². The summed E-state index contributed by atoms with van der Waals surface area (Å²) >= 11 is 0. The van der Waals surface area contributed by atoms with Crippen LogP contribution in [0.25, 0.3) is 0 Å². The van der Waals surface area contributed by atoms with E-state index in [0.717, 1.165) is 81.1 Å². The fourth-order valence-corrected chi connectivity index (χ4v) is 5.14. The summed E-state index contributed by atoms with van der Waals surface area (Å²) in [6, 6.07) is 11.7. The maximum Gasteiger partial charge on any atom is 0.231 e. The van der Waals surface area contributed by atoms with E-state index in [1.807, 2.05) is 24.3 Å². The minimum Gasteiger partial charge on any atom is -0.454 e. The normalized spacial score (nSPS) is 22.4. The van der Waals surface area contributed by atoms with E-state index in [4.69, 9.17) is 18.9 Å². The van der Waals surface area contributed by atoms with Crippen molar-refractivity contribution in [1.82, 2.24) is 9.80 Å². The van der Waals surface area contributed by atoms with Crippen LogP contribution in [-0.2, 0) is 17.6 Å². The molecule has 0 spiro atoms. The molecular formula is C28H36N2O7. The molecule has 4 aliphatic rings. The Morgan fingerprint density at radius 3 is 2.05 bits per heavy atom. The average molecular weight is 513 g/mol. The summed E-state index contributed by atoms with van der Waals surface area (Å²) in [5.74, 6) is 3.17. The van der Waals surface area contributed by atoms with Crippen molar-refractivity contribution >= 4 is 5.91 Å². The minimum absolute atomic E-state index is 0.0533. The molecule has 0 radical (unpaired) electrons. The SMILES string of the molecule is O=C(Cc1ccc2c(c1)OCO2)N1CCCC(O)C1.OC1CCCN(CCc2ccc3c(c2)OCO3)C1. The van der Waals surface area contributed by atoms with Gasteiger partial charge < -0.3 is 39.0 Å². The zero-order valence-corrected chi connectivity index (χ0v) is 21.1. The molecule has 0 bridgehead atoms. The lowest BCUT2D eigenvalue weighted by atomic mass is 10.1. The molecule has 2 fully saturated rings. The number of carbonyl (C=O) groups is 1. The summed E-state index contributed by atoms with van der Waals surface area (Å²) in [4.78, 5) is 16.2. The van der Waals surface area contributed by atoms with Gasteiger partial charge in [0.05, 0.1) is 18.6 Å². The monoisotopic (exact) mass is 512 g/mol. The van der Waals surface area contributed by atoms with Crippen LogP contribution in [0.1, 0.15) is 36.8 Å². The number of aliphatic hydroxyl groups is 2. The highest BCUT2D eigenvalue weighted by atomic mass is 16.7. The third kappa shape index (κ3) is 6.85. The average Bonchev–Trinajstić information content (AvgIpc) is 3.57. The van der Waals surface area contributed by atoms with Gasteiger partial charge in [0.2, 0.25) is 19.5 Å². The van der Waals surface area contributed by atoms with Crippen molar-refractivity contribution in [3.8, 4) is 23.0 Å². The van der Waals surface area contributed by atoms with E-state index in [0.29, 0.717) is 25.5 Å². The number of piperidine rings is 2. The molecule has 6 rings (SSSR count). The molecule has 200 valence electrons. The Kier molecular flexibility index (Phi) is 8.33. The van der Waals surface area contributed by atoms with Gasteiger partial charge in [-0.3, -0.25) is 4.79 Å². The molecule has 0 saturated carbocycles. The summed E-state index contributed by atoms with van der Waals surface area (Å²) in [6.45, 7) is 4.66. The first-order chi connectivity index (χ1) is 18.0. The van der Waals surface area contributed by atoms with Gasteiger partial charge in [-0.2, -0.15) is 0 Å². The van der Waals surface area contributed by atoms with E-state index in [9.17, 15) is 15.0 Å². The van der Waals surface area contributed by atoms with Crippen LogP contribution in [0.15, 0.2) is 36.4 Å². The van der Waals surface area contributed by atoms with E-state index in [-0.39, 0.29) is 24.9 Å². The molecule has 2 unspecified atom stereocenters. The van der Waals surface area contributed by atoms with Crippen molar-refractivity contribution in [3.05, 3.63) is 47.5 Å². The van der Waals surface area contributed by atoms with Gasteiger partial charge in [0, 0.05) is 26.2 Å². The maximum absolute atomic E-state index is 12.2. The Labute approximate surface area is 217 Å². The lowest BCUT2D eigenvalue weighted by Crippen LogP contribution is -2.42. The number of hydrogen-bond acceptors (Lipinski definition) is 8. The maximum atomic E-state index is 12.2. The van der Waals surface area contributed by atoms with Crippen LogP contribution in [0, 0.1) is 0 Å². The fraction of sp³-hybridized carbons (Fsp3) is 0.536. The minimum atomic E-state index is -0.380. The highest BCUT2D eigenvalue weighted by Crippen LogP contribution is 2.33. The number of ether oxygens (including phenoxy) is 4. The van der Waals surface area contributed by atoms with Crippen LogP contribution >= 0.6 is 0 Å². The Balaban J connectivity index is 0.000000152. The molecule has 2 aromatic carbocycles. The molecular weight excluding hydrogens is 476 g/mol. The number of benzene rings is 2. The van der Waals surface area contributed by atoms with E-state index in [1.54, 1.807) is 4.90 Å². The molecule has 2 saturated heterocycles. The first kappa shape index (κ1) is 25.6. The van der Waals surface area contributed by atoms with Gasteiger partial charge in [0.15, 0.2) is 23.0 Å². The quantitative estimate of drug-likeness (QED) is 0.630. The summed E-state index contributed by atoms with van der Waals surface area (Å²) in [5, 5.41) is 19.2. The lowest BCUT2D eigenvalue weighted by molar-refractivity contribution is -0.133. The number of amides is 1. The van der Waals surface area contributed by atoms with Gasteiger partial charge in [0.25, 0.3) is 0 Å². The molecule has 9 heteroatoms. The second-order valence-electron chi connectivity index (χ2n) is 10.0. The molecule has 37 heavy (non-hydrogen) atoms. The van der Waals surface area contributed by atoms with Gasteiger partial charge in [-0.05, 0) is 74.0 Å². The summed E-state index contributed by atoms with van der Waals surface area (Å²) in [5.41, 5.74) is 2.17. The van der Waals surface area contributed by atoms with Gasteiger partial charge >= 0.3 is 0 Å². The van der Waals surface area contributed by atoms with Gasteiger partial charge in [-0.1, -0.05) is 12.1 Å². The van der Waals surface area contributed by atoms with Crippen LogP contribution in [-0.4, -0.2) is 84.4 Å². The van der Waals surface area contributed by atoms with Crippen LogP contribution in [0.5, 0.6) is 23.0 Å². The Morgan fingerprint density at radius 2 is 1.38 bits per heavy atom. The lowest BCUT2D eigenvalue weighted by Gasteiger charge is -2.30. The smallest absolute Gasteiger partial charge is 0.231 e. The third-order valence-corrected chi connectivity index (χ3v) is 7.18. The van der Waals surface area contributed by atoms with Crippen LogP contribution in [0.4, 0.5) is 0 Å². The van der Waals surface area contributed by atoms with Crippen molar-refractivity contribution in [1.29, 1.82) is 0 Å². The molecule has 0 aliphatic carbocycles. The first-order valence-corrected chi connectivity index (χ1v) is 13.2. The summed E-state index contributed by atoms with van der Waals surface area (Å²) in [7, 11) is 0. The van der Waals surface area contributed by atoms with Crippen molar-refractivity contribution in [2.24, 2.45) is 0 Å². The molecule has 2 atom stereocenters.